The molecule has 10 heteroatoms. The first-order valence-electron chi connectivity index (χ1n) is 8.62. The van der Waals surface area contributed by atoms with Crippen LogP contribution in [0.4, 0.5) is 18.9 Å². The molecule has 0 unspecified atom stereocenters. The fraction of sp³-hybridized carbons (Fsp3) is 0.158. The van der Waals surface area contributed by atoms with Crippen LogP contribution in [0, 0.1) is 6.92 Å². The summed E-state index contributed by atoms with van der Waals surface area (Å²) < 4.78 is 42.4. The summed E-state index contributed by atoms with van der Waals surface area (Å²) in [5.41, 5.74) is 4.30. The number of nitrogens with one attached hydrogen (secondary N) is 1. The largest absolute Gasteiger partial charge is 0.573 e. The Labute approximate surface area is 163 Å². The smallest absolute Gasteiger partial charge is 0.406 e. The molecule has 2 aromatic carbocycles. The topological polar surface area (TPSA) is 64.4 Å². The average molecular weight is 403 g/mol. The van der Waals surface area contributed by atoms with Gasteiger partial charge in [0.25, 0.3) is 0 Å². The molecule has 0 atom stereocenters. The molecular formula is C19H16F3N5O2. The maximum Gasteiger partial charge on any atom is 0.573 e. The molecule has 0 spiro atoms. The van der Waals surface area contributed by atoms with Gasteiger partial charge in [-0.25, -0.2) is 14.7 Å². The molecule has 2 heterocycles. The molecule has 0 aliphatic carbocycles. The second kappa shape index (κ2) is 7.47. The highest BCUT2D eigenvalue weighted by molar-refractivity contribution is 5.62. The Hall–Kier alpha value is -3.53. The third kappa shape index (κ3) is 4.49. The van der Waals surface area contributed by atoms with Crippen LogP contribution in [-0.2, 0) is 11.4 Å². The Morgan fingerprint density at radius 1 is 1.07 bits per heavy atom. The number of benzene rings is 2. The van der Waals surface area contributed by atoms with Crippen LogP contribution in [0.15, 0.2) is 60.8 Å². The van der Waals surface area contributed by atoms with Crippen molar-refractivity contribution < 1.29 is 22.7 Å². The number of anilines is 1. The zero-order valence-electron chi connectivity index (χ0n) is 15.2. The maximum atomic E-state index is 12.3. The molecule has 29 heavy (non-hydrogen) atoms. The van der Waals surface area contributed by atoms with Gasteiger partial charge in [0.2, 0.25) is 11.6 Å². The van der Waals surface area contributed by atoms with Gasteiger partial charge in [-0.15, -0.1) is 18.3 Å². The third-order valence-corrected chi connectivity index (χ3v) is 4.10. The van der Waals surface area contributed by atoms with Crippen LogP contribution in [-0.4, -0.2) is 21.1 Å². The van der Waals surface area contributed by atoms with Crippen molar-refractivity contribution in [3.05, 3.63) is 78.0 Å². The molecule has 1 N–H and O–H groups in total. The van der Waals surface area contributed by atoms with Gasteiger partial charge in [0.1, 0.15) is 11.6 Å². The van der Waals surface area contributed by atoms with E-state index >= 15 is 0 Å². The molecule has 1 aromatic heterocycles. The zero-order chi connectivity index (χ0) is 20.4. The monoisotopic (exact) mass is 403 g/mol. The van der Waals surface area contributed by atoms with Gasteiger partial charge < -0.3 is 9.57 Å². The summed E-state index contributed by atoms with van der Waals surface area (Å²) in [6.45, 7) is 2.42. The van der Waals surface area contributed by atoms with Gasteiger partial charge in [-0.3, -0.25) is 0 Å². The minimum absolute atomic E-state index is 0.303. The van der Waals surface area contributed by atoms with E-state index in [0.717, 1.165) is 11.4 Å². The first kappa shape index (κ1) is 18.8. The Kier molecular flexibility index (Phi) is 4.85. The van der Waals surface area contributed by atoms with Crippen LogP contribution in [0.5, 0.6) is 5.75 Å². The molecule has 7 nitrogen and oxygen atoms in total. The van der Waals surface area contributed by atoms with E-state index in [1.165, 1.54) is 29.3 Å². The van der Waals surface area contributed by atoms with E-state index in [2.05, 4.69) is 20.4 Å². The second-order valence-electron chi connectivity index (χ2n) is 6.22. The van der Waals surface area contributed by atoms with E-state index in [1.54, 1.807) is 10.9 Å². The highest BCUT2D eigenvalue weighted by atomic mass is 19.4. The number of rotatable bonds is 5. The first-order chi connectivity index (χ1) is 13.9. The molecule has 1 aliphatic heterocycles. The lowest BCUT2D eigenvalue weighted by Crippen LogP contribution is -2.27. The van der Waals surface area contributed by atoms with Crippen LogP contribution < -0.4 is 15.3 Å². The van der Waals surface area contributed by atoms with Crippen LogP contribution in [0.1, 0.15) is 17.2 Å². The average Bonchev–Trinajstić information content (AvgIpc) is 3.30. The highest BCUT2D eigenvalue weighted by Crippen LogP contribution is 2.27. The number of aryl methyl sites for hydroxylation is 1. The summed E-state index contributed by atoms with van der Waals surface area (Å²) in [7, 11) is 0. The predicted octanol–water partition coefficient (Wildman–Crippen LogP) is 3.79. The Balaban J connectivity index is 1.48. The minimum Gasteiger partial charge on any atom is -0.406 e. The van der Waals surface area contributed by atoms with E-state index in [-0.39, 0.29) is 5.75 Å². The lowest BCUT2D eigenvalue weighted by atomic mass is 10.2. The fourth-order valence-corrected chi connectivity index (χ4v) is 2.74. The number of aromatic nitrogens is 3. The molecule has 0 radical (unpaired) electrons. The van der Waals surface area contributed by atoms with Gasteiger partial charge in [0.05, 0.1) is 18.4 Å². The second-order valence-corrected chi connectivity index (χ2v) is 6.22. The van der Waals surface area contributed by atoms with Crippen molar-refractivity contribution in [1.82, 2.24) is 20.4 Å². The van der Waals surface area contributed by atoms with Crippen LogP contribution in [0.3, 0.4) is 0 Å². The number of hydrogen-bond donors (Lipinski definition) is 1. The van der Waals surface area contributed by atoms with Gasteiger partial charge in [-0.05, 0) is 36.8 Å². The van der Waals surface area contributed by atoms with E-state index in [9.17, 15) is 13.2 Å². The number of nitrogens with zero attached hydrogens (tertiary/aromatic N) is 4. The van der Waals surface area contributed by atoms with E-state index in [1.807, 2.05) is 37.3 Å². The normalized spacial score (nSPS) is 13.9. The van der Waals surface area contributed by atoms with Gasteiger partial charge in [-0.1, -0.05) is 35.9 Å². The van der Waals surface area contributed by atoms with Gasteiger partial charge in [0, 0.05) is 0 Å². The fourth-order valence-electron chi connectivity index (χ4n) is 2.74. The van der Waals surface area contributed by atoms with Crippen molar-refractivity contribution in [2.45, 2.75) is 19.8 Å². The van der Waals surface area contributed by atoms with Gasteiger partial charge in [0.15, 0.2) is 0 Å². The van der Waals surface area contributed by atoms with Crippen molar-refractivity contribution in [2.24, 2.45) is 0 Å². The Bertz CT molecular complexity index is 1020. The Morgan fingerprint density at radius 2 is 1.79 bits per heavy atom. The quantitative estimate of drug-likeness (QED) is 0.700. The third-order valence-electron chi connectivity index (χ3n) is 4.10. The molecule has 3 aromatic rings. The van der Waals surface area contributed by atoms with Crippen molar-refractivity contribution >= 4 is 11.4 Å². The summed E-state index contributed by atoms with van der Waals surface area (Å²) in [6.07, 6.45) is -3.12. The molecule has 150 valence electrons. The molecule has 4 rings (SSSR count). The number of alkyl halides is 3. The molecule has 0 saturated heterocycles. The number of hydrogen-bond acceptors (Lipinski definition) is 6. The maximum absolute atomic E-state index is 12.3. The highest BCUT2D eigenvalue weighted by Gasteiger charge is 2.31. The SMILES string of the molecule is Cc1nc(C2=CN(c3ccc(OC(F)(F)F)cc3)NO2)nn1Cc1ccccc1. The van der Waals surface area contributed by atoms with Crippen molar-refractivity contribution in [3.63, 3.8) is 0 Å². The van der Waals surface area contributed by atoms with Crippen molar-refractivity contribution in [3.8, 4) is 5.75 Å². The first-order valence-corrected chi connectivity index (χ1v) is 8.62. The summed E-state index contributed by atoms with van der Waals surface area (Å²) in [5.74, 6) is 1.20. The molecule has 0 bridgehead atoms. The van der Waals surface area contributed by atoms with E-state index in [0.29, 0.717) is 23.8 Å². The number of ether oxygens (including phenoxy) is 1. The van der Waals surface area contributed by atoms with E-state index in [4.69, 9.17) is 4.84 Å². The zero-order valence-corrected chi connectivity index (χ0v) is 15.2. The summed E-state index contributed by atoms with van der Waals surface area (Å²) in [6, 6.07) is 15.2. The van der Waals surface area contributed by atoms with Crippen molar-refractivity contribution in [1.29, 1.82) is 0 Å². The van der Waals surface area contributed by atoms with Crippen molar-refractivity contribution in [2.75, 3.05) is 5.01 Å². The molecule has 0 saturated carbocycles. The van der Waals surface area contributed by atoms with Crippen LogP contribution in [0.25, 0.3) is 5.76 Å². The molecule has 0 amide bonds. The predicted molar refractivity (Wildman–Crippen MR) is 98.1 cm³/mol. The standard InChI is InChI=1S/C19H16F3N5O2/c1-13-23-18(24-26(13)11-14-5-3-2-4-6-14)17-12-27(25-29-17)15-7-9-16(10-8-15)28-19(20,21)22/h2-10,12,25H,11H2,1H3. The van der Waals surface area contributed by atoms with E-state index < -0.39 is 6.36 Å². The molecular weight excluding hydrogens is 387 g/mol. The van der Waals surface area contributed by atoms with Crippen LogP contribution >= 0.6 is 0 Å². The van der Waals surface area contributed by atoms with Gasteiger partial charge >= 0.3 is 6.36 Å². The lowest BCUT2D eigenvalue weighted by Gasteiger charge is -2.14. The lowest BCUT2D eigenvalue weighted by molar-refractivity contribution is -0.274. The summed E-state index contributed by atoms with van der Waals surface area (Å²) in [4.78, 5) is 9.84. The number of hydrazine groups is 1. The molecule has 0 fully saturated rings. The Morgan fingerprint density at radius 3 is 2.48 bits per heavy atom. The summed E-state index contributed by atoms with van der Waals surface area (Å²) in [5, 5.41) is 5.97. The van der Waals surface area contributed by atoms with Gasteiger partial charge in [-0.2, -0.15) is 0 Å². The molecule has 1 aliphatic rings. The minimum atomic E-state index is -4.73. The number of halogens is 3. The van der Waals surface area contributed by atoms with Crippen LogP contribution in [0.2, 0.25) is 0 Å². The summed E-state index contributed by atoms with van der Waals surface area (Å²) >= 11 is 0.